The van der Waals surface area contributed by atoms with E-state index in [0.29, 0.717) is 31.2 Å². The van der Waals surface area contributed by atoms with Crippen molar-refractivity contribution in [1.82, 2.24) is 4.90 Å². The van der Waals surface area contributed by atoms with Crippen LogP contribution in [0.1, 0.15) is 62.0 Å². The van der Waals surface area contributed by atoms with Gasteiger partial charge in [0.05, 0.1) is 30.9 Å². The van der Waals surface area contributed by atoms with Gasteiger partial charge in [-0.15, -0.1) is 0 Å². The number of unbranched alkanes of at least 4 members (excludes halogenated alkanes) is 1. The van der Waals surface area contributed by atoms with Crippen LogP contribution in [0.25, 0.3) is 11.1 Å². The van der Waals surface area contributed by atoms with Crippen molar-refractivity contribution in [2.24, 2.45) is 0 Å². The Bertz CT molecular complexity index is 1460. The van der Waals surface area contributed by atoms with Gasteiger partial charge in [0.2, 0.25) is 6.41 Å². The molecule has 3 aromatic carbocycles. The van der Waals surface area contributed by atoms with E-state index in [9.17, 15) is 44.7 Å². The molecule has 3 rings (SSSR count). The summed E-state index contributed by atoms with van der Waals surface area (Å²) < 4.78 is 126. The molecular weight excluding hydrogens is 642 g/mol. The van der Waals surface area contributed by atoms with E-state index in [1.807, 2.05) is 13.8 Å². The normalized spacial score (nSPS) is 12.8. The molecule has 0 aliphatic heterocycles. The summed E-state index contributed by atoms with van der Waals surface area (Å²) >= 11 is 0. The average molecular weight is 678 g/mol. The minimum Gasteiger partial charge on any atom is -0.496 e. The molecular formula is C33H35F8NO5. The maximum atomic E-state index is 14.7. The van der Waals surface area contributed by atoms with E-state index in [1.54, 1.807) is 0 Å². The summed E-state index contributed by atoms with van der Waals surface area (Å²) in [7, 11) is 2.32. The highest BCUT2D eigenvalue weighted by atomic mass is 19.4. The van der Waals surface area contributed by atoms with E-state index in [1.165, 1.54) is 26.2 Å². The number of hydrogen-bond donors (Lipinski definition) is 0. The quantitative estimate of drug-likeness (QED) is 0.0970. The summed E-state index contributed by atoms with van der Waals surface area (Å²) in [6.07, 6.45) is -10.2. The first-order valence-electron chi connectivity index (χ1n) is 14.4. The number of alkyl halides is 6. The standard InChI is InChI=1S/C31H29F8NO5.C2H6/c1-18(29(44-3)19-10-21(30(34,35)36)13-22(11-19)31(37,38)39)40(17-42)16-20-12-23(32)6-7-24(20)25-14-28(45-9-5-4-8-41)26(33)15-27(25)43-2;1-2/h6-8,10-15,17-18,29H,4-5,9,16H2,1-3H3;1-2H3. The zero-order valence-electron chi connectivity index (χ0n) is 26.3. The smallest absolute Gasteiger partial charge is 0.416 e. The molecule has 258 valence electrons. The molecule has 0 bridgehead atoms. The number of ether oxygens (including phenoxy) is 3. The molecule has 0 aliphatic rings. The molecule has 14 heteroatoms. The molecule has 0 radical (unpaired) electrons. The molecule has 3 aromatic rings. The highest BCUT2D eigenvalue weighted by molar-refractivity contribution is 5.75. The second-order valence-corrected chi connectivity index (χ2v) is 9.96. The van der Waals surface area contributed by atoms with Crippen LogP contribution < -0.4 is 9.47 Å². The molecule has 0 heterocycles. The first-order chi connectivity index (χ1) is 22.1. The largest absolute Gasteiger partial charge is 0.496 e. The van der Waals surface area contributed by atoms with Crippen molar-refractivity contribution in [3.05, 3.63) is 82.4 Å². The van der Waals surface area contributed by atoms with Gasteiger partial charge in [0, 0.05) is 31.7 Å². The van der Waals surface area contributed by atoms with Crippen LogP contribution in [0.2, 0.25) is 0 Å². The summed E-state index contributed by atoms with van der Waals surface area (Å²) in [5.41, 5.74) is -2.97. The van der Waals surface area contributed by atoms with Crippen LogP contribution in [0, 0.1) is 11.6 Å². The van der Waals surface area contributed by atoms with Crippen molar-refractivity contribution in [1.29, 1.82) is 0 Å². The van der Waals surface area contributed by atoms with Gasteiger partial charge in [-0.1, -0.05) is 19.9 Å². The third-order valence-corrected chi connectivity index (χ3v) is 6.98. The number of halogens is 8. The van der Waals surface area contributed by atoms with Crippen molar-refractivity contribution in [2.45, 2.75) is 64.7 Å². The highest BCUT2D eigenvalue weighted by Gasteiger charge is 2.38. The molecule has 2 unspecified atom stereocenters. The van der Waals surface area contributed by atoms with Gasteiger partial charge in [0.15, 0.2) is 11.6 Å². The average Bonchev–Trinajstić information content (AvgIpc) is 3.03. The van der Waals surface area contributed by atoms with Crippen LogP contribution >= 0.6 is 0 Å². The number of carbonyl (C=O) groups is 2. The third kappa shape index (κ3) is 10.1. The summed E-state index contributed by atoms with van der Waals surface area (Å²) in [6, 6.07) is 5.66. The van der Waals surface area contributed by atoms with Gasteiger partial charge in [-0.05, 0) is 66.4 Å². The van der Waals surface area contributed by atoms with E-state index >= 15 is 0 Å². The molecule has 0 saturated heterocycles. The lowest BCUT2D eigenvalue weighted by atomic mass is 9.95. The lowest BCUT2D eigenvalue weighted by Crippen LogP contribution is -2.37. The summed E-state index contributed by atoms with van der Waals surface area (Å²) in [6.45, 7) is 4.97. The van der Waals surface area contributed by atoms with Gasteiger partial charge in [-0.3, -0.25) is 4.79 Å². The molecule has 0 spiro atoms. The summed E-state index contributed by atoms with van der Waals surface area (Å²) in [5, 5.41) is 0. The fraction of sp³-hybridized carbons (Fsp3) is 0.394. The van der Waals surface area contributed by atoms with E-state index in [4.69, 9.17) is 14.2 Å². The zero-order valence-corrected chi connectivity index (χ0v) is 26.3. The second kappa shape index (κ2) is 17.1. The van der Waals surface area contributed by atoms with Gasteiger partial charge < -0.3 is 23.9 Å². The SMILES string of the molecule is CC.COc1cc(F)c(OCCCC=O)cc1-c1ccc(F)cc1CN(C=O)C(C)C(OC)c1cc(C(F)(F)F)cc(C(F)(F)F)c1. The number of rotatable bonds is 14. The topological polar surface area (TPSA) is 65.1 Å². The fourth-order valence-electron chi connectivity index (χ4n) is 4.73. The van der Waals surface area contributed by atoms with Crippen LogP contribution in [0.15, 0.2) is 48.5 Å². The second-order valence-electron chi connectivity index (χ2n) is 9.96. The Morgan fingerprint density at radius 3 is 1.96 bits per heavy atom. The van der Waals surface area contributed by atoms with E-state index in [-0.39, 0.29) is 47.3 Å². The third-order valence-electron chi connectivity index (χ3n) is 6.98. The first-order valence-corrected chi connectivity index (χ1v) is 14.4. The van der Waals surface area contributed by atoms with Crippen molar-refractivity contribution >= 4 is 12.7 Å². The summed E-state index contributed by atoms with van der Waals surface area (Å²) in [4.78, 5) is 23.9. The maximum absolute atomic E-state index is 14.7. The lowest BCUT2D eigenvalue weighted by Gasteiger charge is -2.33. The highest BCUT2D eigenvalue weighted by Crippen LogP contribution is 2.40. The van der Waals surface area contributed by atoms with Crippen molar-refractivity contribution in [3.63, 3.8) is 0 Å². The van der Waals surface area contributed by atoms with Crippen LogP contribution in [0.4, 0.5) is 35.1 Å². The number of hydrogen-bond acceptors (Lipinski definition) is 5. The number of benzene rings is 3. The van der Waals surface area contributed by atoms with Crippen LogP contribution in [-0.4, -0.2) is 44.5 Å². The molecule has 1 amide bonds. The monoisotopic (exact) mass is 677 g/mol. The van der Waals surface area contributed by atoms with E-state index in [0.717, 1.165) is 30.2 Å². The molecule has 0 fully saturated rings. The lowest BCUT2D eigenvalue weighted by molar-refractivity contribution is -0.143. The van der Waals surface area contributed by atoms with Crippen molar-refractivity contribution < 1.29 is 58.9 Å². The van der Waals surface area contributed by atoms with Crippen LogP contribution in [0.5, 0.6) is 11.5 Å². The molecule has 47 heavy (non-hydrogen) atoms. The van der Waals surface area contributed by atoms with E-state index in [2.05, 4.69) is 0 Å². The Hall–Kier alpha value is -4.20. The molecule has 0 aromatic heterocycles. The van der Waals surface area contributed by atoms with Gasteiger partial charge in [0.25, 0.3) is 0 Å². The number of nitrogens with zero attached hydrogens (tertiary/aromatic N) is 1. The van der Waals surface area contributed by atoms with Gasteiger partial charge in [-0.2, -0.15) is 26.3 Å². The van der Waals surface area contributed by atoms with Crippen LogP contribution in [0.3, 0.4) is 0 Å². The van der Waals surface area contributed by atoms with Gasteiger partial charge in [-0.25, -0.2) is 8.78 Å². The number of aldehydes is 1. The predicted octanol–water partition coefficient (Wildman–Crippen LogP) is 8.80. The molecule has 2 atom stereocenters. The summed E-state index contributed by atoms with van der Waals surface area (Å²) in [5.74, 6) is -1.69. The minimum atomic E-state index is -5.11. The predicted molar refractivity (Wildman–Crippen MR) is 158 cm³/mol. The molecule has 0 saturated carbocycles. The maximum Gasteiger partial charge on any atom is 0.416 e. The molecule has 6 nitrogen and oxygen atoms in total. The van der Waals surface area contributed by atoms with Gasteiger partial charge >= 0.3 is 12.4 Å². The molecule has 0 N–H and O–H groups in total. The fourth-order valence-corrected chi connectivity index (χ4v) is 4.73. The number of amides is 1. The molecule has 0 aliphatic carbocycles. The van der Waals surface area contributed by atoms with Crippen molar-refractivity contribution in [3.8, 4) is 22.6 Å². The number of carbonyl (C=O) groups excluding carboxylic acids is 2. The van der Waals surface area contributed by atoms with Gasteiger partial charge in [0.1, 0.15) is 24.0 Å². The Morgan fingerprint density at radius 2 is 1.45 bits per heavy atom. The van der Waals surface area contributed by atoms with Crippen LogP contribution in [-0.2, 0) is 33.2 Å². The number of methoxy groups -OCH3 is 2. The Kier molecular flexibility index (Phi) is 14.2. The Morgan fingerprint density at radius 1 is 0.830 bits per heavy atom. The zero-order chi connectivity index (χ0) is 35.5. The Balaban J connectivity index is 0.00000376. The first kappa shape index (κ1) is 39.0. The minimum absolute atomic E-state index is 0.0120. The van der Waals surface area contributed by atoms with Crippen molar-refractivity contribution in [2.75, 3.05) is 20.8 Å². The van der Waals surface area contributed by atoms with E-state index < -0.39 is 59.4 Å². The Labute approximate surface area is 267 Å².